The van der Waals surface area contributed by atoms with Crippen LogP contribution in [0.1, 0.15) is 5.82 Å². The van der Waals surface area contributed by atoms with Crippen molar-refractivity contribution in [3.05, 3.63) is 21.9 Å². The molecule has 16 heavy (non-hydrogen) atoms. The van der Waals surface area contributed by atoms with Gasteiger partial charge in [-0.3, -0.25) is 0 Å². The lowest BCUT2D eigenvalue weighted by Crippen LogP contribution is -2.09. The highest BCUT2D eigenvalue weighted by molar-refractivity contribution is 6.33. The molecule has 8 heteroatoms. The van der Waals surface area contributed by atoms with E-state index in [9.17, 15) is 13.2 Å². The van der Waals surface area contributed by atoms with Crippen LogP contribution in [-0.2, 0) is 11.2 Å². The maximum Gasteiger partial charge on any atom is 0.261 e. The fraction of sp³-hybridized carbons (Fsp3) is 0.500. The Kier molecular flexibility index (Phi) is 5.24. The summed E-state index contributed by atoms with van der Waals surface area (Å²) < 4.78 is 40.9. The van der Waals surface area contributed by atoms with E-state index in [-0.39, 0.29) is 18.9 Å². The van der Waals surface area contributed by atoms with E-state index in [1.165, 1.54) is 0 Å². The van der Waals surface area contributed by atoms with Crippen molar-refractivity contribution in [2.75, 3.05) is 13.2 Å². The van der Waals surface area contributed by atoms with Crippen molar-refractivity contribution in [3.8, 4) is 0 Å². The Morgan fingerprint density at radius 1 is 1.19 bits per heavy atom. The van der Waals surface area contributed by atoms with Crippen LogP contribution in [0.15, 0.2) is 0 Å². The van der Waals surface area contributed by atoms with Gasteiger partial charge in [-0.05, 0) is 0 Å². The van der Waals surface area contributed by atoms with Gasteiger partial charge in [-0.15, -0.1) is 0 Å². The van der Waals surface area contributed by atoms with Gasteiger partial charge in [0.15, 0.2) is 16.1 Å². The summed E-state index contributed by atoms with van der Waals surface area (Å²) in [5.74, 6) is -0.758. The van der Waals surface area contributed by atoms with Gasteiger partial charge in [0, 0.05) is 6.42 Å². The monoisotopic (exact) mass is 274 g/mol. The zero-order chi connectivity index (χ0) is 12.1. The predicted molar refractivity (Wildman–Crippen MR) is 52.5 cm³/mol. The van der Waals surface area contributed by atoms with Gasteiger partial charge in [0.25, 0.3) is 6.43 Å². The number of alkyl halides is 2. The van der Waals surface area contributed by atoms with Crippen LogP contribution in [0.25, 0.3) is 0 Å². The van der Waals surface area contributed by atoms with E-state index in [0.29, 0.717) is 0 Å². The van der Waals surface area contributed by atoms with Crippen LogP contribution in [-0.4, -0.2) is 29.6 Å². The van der Waals surface area contributed by atoms with E-state index >= 15 is 0 Å². The van der Waals surface area contributed by atoms with Gasteiger partial charge in [-0.1, -0.05) is 23.2 Å². The number of ether oxygens (including phenoxy) is 1. The van der Waals surface area contributed by atoms with Crippen LogP contribution >= 0.6 is 23.2 Å². The normalized spacial score (nSPS) is 11.1. The van der Waals surface area contributed by atoms with Crippen molar-refractivity contribution in [3.63, 3.8) is 0 Å². The van der Waals surface area contributed by atoms with Crippen molar-refractivity contribution in [1.82, 2.24) is 9.97 Å². The number of rotatable bonds is 5. The van der Waals surface area contributed by atoms with Gasteiger partial charge in [0.1, 0.15) is 12.4 Å². The van der Waals surface area contributed by atoms with E-state index in [1.807, 2.05) is 0 Å². The Bertz CT molecular complexity index is 342. The summed E-state index contributed by atoms with van der Waals surface area (Å²) in [6, 6.07) is 0. The molecular formula is C8H7Cl2F3N2O. The van der Waals surface area contributed by atoms with Crippen molar-refractivity contribution < 1.29 is 17.9 Å². The molecule has 1 rings (SSSR count). The minimum Gasteiger partial charge on any atom is -0.375 e. The van der Waals surface area contributed by atoms with Crippen LogP contribution in [0.5, 0.6) is 0 Å². The maximum absolute atomic E-state index is 12.9. The summed E-state index contributed by atoms with van der Waals surface area (Å²) in [5.41, 5.74) is 0. The van der Waals surface area contributed by atoms with E-state index < -0.39 is 29.2 Å². The Labute approximate surface area is 99.5 Å². The third-order valence-corrected chi connectivity index (χ3v) is 2.03. The molecule has 0 spiro atoms. The molecule has 0 amide bonds. The second kappa shape index (κ2) is 6.22. The molecular weight excluding hydrogens is 268 g/mol. The van der Waals surface area contributed by atoms with Crippen LogP contribution in [0.4, 0.5) is 13.2 Å². The highest BCUT2D eigenvalue weighted by atomic mass is 35.5. The summed E-state index contributed by atoms with van der Waals surface area (Å²) >= 11 is 10.8. The third kappa shape index (κ3) is 4.11. The molecule has 0 bridgehead atoms. The van der Waals surface area contributed by atoms with Gasteiger partial charge in [0.05, 0.1) is 6.61 Å². The molecule has 3 nitrogen and oxygen atoms in total. The molecule has 0 atom stereocenters. The molecule has 1 heterocycles. The number of hydrogen-bond acceptors (Lipinski definition) is 3. The van der Waals surface area contributed by atoms with Gasteiger partial charge in [-0.25, -0.2) is 23.1 Å². The Balaban J connectivity index is 2.49. The molecule has 0 aliphatic carbocycles. The van der Waals surface area contributed by atoms with E-state index in [2.05, 4.69) is 14.7 Å². The predicted octanol–water partition coefficient (Wildman–Crippen LogP) is 2.75. The lowest BCUT2D eigenvalue weighted by Gasteiger charge is -2.04. The summed E-state index contributed by atoms with van der Waals surface area (Å²) in [4.78, 5) is 7.16. The summed E-state index contributed by atoms with van der Waals surface area (Å²) in [5, 5.41) is -0.798. The summed E-state index contributed by atoms with van der Waals surface area (Å²) in [6.07, 6.45) is -2.40. The van der Waals surface area contributed by atoms with Gasteiger partial charge in [-0.2, -0.15) is 0 Å². The fourth-order valence-corrected chi connectivity index (χ4v) is 1.31. The molecule has 0 saturated carbocycles. The number of halogens is 5. The van der Waals surface area contributed by atoms with Gasteiger partial charge >= 0.3 is 0 Å². The minimum atomic E-state index is -2.53. The van der Waals surface area contributed by atoms with Crippen LogP contribution in [0, 0.1) is 5.82 Å². The summed E-state index contributed by atoms with van der Waals surface area (Å²) in [7, 11) is 0. The van der Waals surface area contributed by atoms with Gasteiger partial charge < -0.3 is 4.74 Å². The fourth-order valence-electron chi connectivity index (χ4n) is 0.883. The molecule has 0 unspecified atom stereocenters. The molecule has 1 aromatic heterocycles. The standard InChI is InChI=1S/C8H7Cl2F3N2O/c9-7-6(13)8(10)15-5(14-7)1-2-16-3-4(11)12/h4H,1-3H2. The smallest absolute Gasteiger partial charge is 0.261 e. The first kappa shape index (κ1) is 13.5. The van der Waals surface area contributed by atoms with E-state index in [1.54, 1.807) is 0 Å². The number of hydrogen-bond donors (Lipinski definition) is 0. The number of nitrogens with zero attached hydrogens (tertiary/aromatic N) is 2. The van der Waals surface area contributed by atoms with Crippen LogP contribution in [0.3, 0.4) is 0 Å². The average molecular weight is 275 g/mol. The molecule has 0 aliphatic heterocycles. The first-order chi connectivity index (χ1) is 7.50. The largest absolute Gasteiger partial charge is 0.375 e. The lowest BCUT2D eigenvalue weighted by atomic mass is 10.4. The van der Waals surface area contributed by atoms with E-state index in [4.69, 9.17) is 23.2 Å². The Morgan fingerprint density at radius 2 is 1.75 bits per heavy atom. The SMILES string of the molecule is Fc1c(Cl)nc(CCOCC(F)F)nc1Cl. The Hall–Kier alpha value is -0.590. The minimum absolute atomic E-state index is 0.0113. The first-order valence-corrected chi connectivity index (χ1v) is 4.99. The molecule has 0 aromatic carbocycles. The molecule has 0 radical (unpaired) electrons. The molecule has 0 fully saturated rings. The average Bonchev–Trinajstić information content (AvgIpc) is 2.20. The Morgan fingerprint density at radius 3 is 2.25 bits per heavy atom. The molecule has 0 N–H and O–H groups in total. The van der Waals surface area contributed by atoms with Crippen molar-refractivity contribution in [1.29, 1.82) is 0 Å². The van der Waals surface area contributed by atoms with Gasteiger partial charge in [0.2, 0.25) is 0 Å². The second-order valence-electron chi connectivity index (χ2n) is 2.75. The quantitative estimate of drug-likeness (QED) is 0.612. The van der Waals surface area contributed by atoms with Crippen molar-refractivity contribution in [2.24, 2.45) is 0 Å². The third-order valence-electron chi connectivity index (χ3n) is 1.53. The second-order valence-corrected chi connectivity index (χ2v) is 3.47. The zero-order valence-electron chi connectivity index (χ0n) is 7.89. The lowest BCUT2D eigenvalue weighted by molar-refractivity contribution is 0.0183. The van der Waals surface area contributed by atoms with Crippen molar-refractivity contribution in [2.45, 2.75) is 12.8 Å². The summed E-state index contributed by atoms with van der Waals surface area (Å²) in [6.45, 7) is -0.675. The highest BCUT2D eigenvalue weighted by Crippen LogP contribution is 2.18. The van der Waals surface area contributed by atoms with Crippen LogP contribution < -0.4 is 0 Å². The maximum atomic E-state index is 12.9. The highest BCUT2D eigenvalue weighted by Gasteiger charge is 2.11. The van der Waals surface area contributed by atoms with Crippen molar-refractivity contribution >= 4 is 23.2 Å². The van der Waals surface area contributed by atoms with Crippen LogP contribution in [0.2, 0.25) is 10.3 Å². The molecule has 90 valence electrons. The topological polar surface area (TPSA) is 35.0 Å². The zero-order valence-corrected chi connectivity index (χ0v) is 9.40. The molecule has 0 saturated heterocycles. The number of aromatic nitrogens is 2. The first-order valence-electron chi connectivity index (χ1n) is 4.24. The molecule has 1 aromatic rings. The molecule has 0 aliphatic rings. The van der Waals surface area contributed by atoms with E-state index in [0.717, 1.165) is 0 Å².